The minimum Gasteiger partial charge on any atom is -0.385 e. The zero-order valence-corrected chi connectivity index (χ0v) is 8.23. The molecule has 0 aliphatic carbocycles. The summed E-state index contributed by atoms with van der Waals surface area (Å²) in [5, 5.41) is 9.47. The molecule has 0 amide bonds. The molecule has 0 heterocycles. The van der Waals surface area contributed by atoms with Gasteiger partial charge in [-0.1, -0.05) is 30.8 Å². The summed E-state index contributed by atoms with van der Waals surface area (Å²) in [5.41, 5.74) is 2.08. The minimum absolute atomic E-state index is 0.326. The number of hydrogen-bond acceptors (Lipinski definition) is 2. The highest BCUT2D eigenvalue weighted by Crippen LogP contribution is 2.10. The lowest BCUT2D eigenvalue weighted by Gasteiger charge is -2.09. The lowest BCUT2D eigenvalue weighted by molar-refractivity contribution is -0.122. The Morgan fingerprint density at radius 1 is 1.57 bits per heavy atom. The van der Waals surface area contributed by atoms with Crippen molar-refractivity contribution in [3.63, 3.8) is 0 Å². The lowest BCUT2D eigenvalue weighted by atomic mass is 10.0. The van der Waals surface area contributed by atoms with Crippen molar-refractivity contribution in [2.24, 2.45) is 0 Å². The molecule has 0 bridgehead atoms. The van der Waals surface area contributed by atoms with Gasteiger partial charge >= 0.3 is 0 Å². The number of carbonyl (C=O) groups is 1. The minimum atomic E-state index is -0.964. The van der Waals surface area contributed by atoms with Crippen LogP contribution < -0.4 is 0 Å². The van der Waals surface area contributed by atoms with Crippen molar-refractivity contribution in [2.45, 2.75) is 19.4 Å². The fraction of sp³-hybridized carbons (Fsp3) is 0.250. The zero-order chi connectivity index (χ0) is 10.6. The van der Waals surface area contributed by atoms with Crippen LogP contribution in [0.1, 0.15) is 11.1 Å². The van der Waals surface area contributed by atoms with Gasteiger partial charge in [0.05, 0.1) is 0 Å². The highest BCUT2D eigenvalue weighted by molar-refractivity contribution is 5.92. The van der Waals surface area contributed by atoms with Crippen molar-refractivity contribution in [3.8, 4) is 0 Å². The van der Waals surface area contributed by atoms with Gasteiger partial charge in [-0.25, -0.2) is 0 Å². The van der Waals surface area contributed by atoms with E-state index in [2.05, 4.69) is 6.58 Å². The maximum atomic E-state index is 11.1. The Labute approximate surface area is 83.9 Å². The predicted octanol–water partition coefficient (Wildman–Crippen LogP) is 1.65. The predicted molar refractivity (Wildman–Crippen MR) is 56.1 cm³/mol. The third-order valence-electron chi connectivity index (χ3n) is 2.20. The molecule has 14 heavy (non-hydrogen) atoms. The van der Waals surface area contributed by atoms with E-state index in [4.69, 9.17) is 0 Å². The smallest absolute Gasteiger partial charge is 0.183 e. The second-order valence-electron chi connectivity index (χ2n) is 3.25. The van der Waals surface area contributed by atoms with Gasteiger partial charge in [0.1, 0.15) is 6.10 Å². The van der Waals surface area contributed by atoms with Crippen LogP contribution in [0.4, 0.5) is 0 Å². The van der Waals surface area contributed by atoms with Gasteiger partial charge in [0.25, 0.3) is 0 Å². The summed E-state index contributed by atoms with van der Waals surface area (Å²) in [6.07, 6.45) is 0.550. The van der Waals surface area contributed by atoms with E-state index in [9.17, 15) is 9.90 Å². The summed E-state index contributed by atoms with van der Waals surface area (Å²) >= 11 is 0. The molecule has 0 fully saturated rings. The molecule has 1 aromatic rings. The van der Waals surface area contributed by atoms with Gasteiger partial charge in [-0.3, -0.25) is 4.79 Å². The van der Waals surface area contributed by atoms with Gasteiger partial charge in [0, 0.05) is 6.42 Å². The van der Waals surface area contributed by atoms with E-state index >= 15 is 0 Å². The SMILES string of the molecule is C=CC(=O)C(O)Cc1ccccc1C. The van der Waals surface area contributed by atoms with Crippen molar-refractivity contribution >= 4 is 5.78 Å². The van der Waals surface area contributed by atoms with Gasteiger partial charge in [-0.05, 0) is 24.1 Å². The van der Waals surface area contributed by atoms with E-state index in [-0.39, 0.29) is 5.78 Å². The Bertz CT molecular complexity index is 342. The van der Waals surface area contributed by atoms with Crippen molar-refractivity contribution in [1.29, 1.82) is 0 Å². The molecular weight excluding hydrogens is 176 g/mol. The van der Waals surface area contributed by atoms with Gasteiger partial charge in [-0.15, -0.1) is 0 Å². The summed E-state index contributed by atoms with van der Waals surface area (Å²) in [6.45, 7) is 5.29. The second kappa shape index (κ2) is 4.72. The third-order valence-corrected chi connectivity index (χ3v) is 2.20. The topological polar surface area (TPSA) is 37.3 Å². The Morgan fingerprint density at radius 3 is 2.79 bits per heavy atom. The first-order valence-electron chi connectivity index (χ1n) is 4.54. The highest BCUT2D eigenvalue weighted by Gasteiger charge is 2.12. The van der Waals surface area contributed by atoms with Crippen molar-refractivity contribution in [2.75, 3.05) is 0 Å². The molecule has 1 N–H and O–H groups in total. The molecule has 74 valence electrons. The van der Waals surface area contributed by atoms with Crippen LogP contribution in [0.15, 0.2) is 36.9 Å². The number of aliphatic hydroxyl groups is 1. The summed E-state index contributed by atoms with van der Waals surface area (Å²) in [7, 11) is 0. The average Bonchev–Trinajstić information content (AvgIpc) is 2.20. The molecule has 0 saturated carbocycles. The molecule has 0 spiro atoms. The Morgan fingerprint density at radius 2 is 2.21 bits per heavy atom. The average molecular weight is 190 g/mol. The molecule has 1 atom stereocenters. The van der Waals surface area contributed by atoms with Crippen LogP contribution in [0.2, 0.25) is 0 Å². The normalized spacial score (nSPS) is 12.1. The number of ketones is 1. The number of hydrogen-bond donors (Lipinski definition) is 1. The van der Waals surface area contributed by atoms with Crippen LogP contribution in [0.5, 0.6) is 0 Å². The number of aryl methyl sites for hydroxylation is 1. The van der Waals surface area contributed by atoms with Crippen LogP contribution >= 0.6 is 0 Å². The molecule has 1 aromatic carbocycles. The van der Waals surface area contributed by atoms with E-state index in [1.807, 2.05) is 31.2 Å². The van der Waals surface area contributed by atoms with Crippen LogP contribution in [-0.4, -0.2) is 17.0 Å². The van der Waals surface area contributed by atoms with Crippen LogP contribution in [0.25, 0.3) is 0 Å². The quantitative estimate of drug-likeness (QED) is 0.733. The highest BCUT2D eigenvalue weighted by atomic mass is 16.3. The Kier molecular flexibility index (Phi) is 3.60. The molecule has 2 heteroatoms. The number of rotatable bonds is 4. The van der Waals surface area contributed by atoms with E-state index in [0.717, 1.165) is 17.2 Å². The molecule has 0 saturated heterocycles. The largest absolute Gasteiger partial charge is 0.385 e. The van der Waals surface area contributed by atoms with E-state index in [1.165, 1.54) is 0 Å². The van der Waals surface area contributed by atoms with Crippen molar-refractivity contribution < 1.29 is 9.90 Å². The summed E-state index contributed by atoms with van der Waals surface area (Å²) in [4.78, 5) is 11.1. The lowest BCUT2D eigenvalue weighted by Crippen LogP contribution is -2.20. The summed E-state index contributed by atoms with van der Waals surface area (Å²) in [5.74, 6) is -0.326. The Balaban J connectivity index is 2.74. The van der Waals surface area contributed by atoms with Crippen molar-refractivity contribution in [1.82, 2.24) is 0 Å². The molecule has 0 aliphatic rings. The fourth-order valence-corrected chi connectivity index (χ4v) is 1.28. The van der Waals surface area contributed by atoms with Gasteiger partial charge < -0.3 is 5.11 Å². The number of aliphatic hydroxyl groups excluding tert-OH is 1. The molecule has 2 nitrogen and oxygen atoms in total. The van der Waals surface area contributed by atoms with Crippen LogP contribution in [0.3, 0.4) is 0 Å². The van der Waals surface area contributed by atoms with Gasteiger partial charge in [-0.2, -0.15) is 0 Å². The molecule has 1 unspecified atom stereocenters. The monoisotopic (exact) mass is 190 g/mol. The molecule has 0 aliphatic heterocycles. The molecule has 0 radical (unpaired) electrons. The van der Waals surface area contributed by atoms with Crippen LogP contribution in [-0.2, 0) is 11.2 Å². The summed E-state index contributed by atoms with van der Waals surface area (Å²) in [6, 6.07) is 7.70. The van der Waals surface area contributed by atoms with E-state index in [1.54, 1.807) is 0 Å². The molecule has 1 rings (SSSR count). The maximum absolute atomic E-state index is 11.1. The number of carbonyl (C=O) groups excluding carboxylic acids is 1. The van der Waals surface area contributed by atoms with Crippen LogP contribution in [0, 0.1) is 6.92 Å². The first-order chi connectivity index (χ1) is 6.65. The maximum Gasteiger partial charge on any atom is 0.183 e. The second-order valence-corrected chi connectivity index (χ2v) is 3.25. The first kappa shape index (κ1) is 10.7. The third kappa shape index (κ3) is 2.54. The first-order valence-corrected chi connectivity index (χ1v) is 4.54. The molecular formula is C12H14O2. The van der Waals surface area contributed by atoms with Crippen molar-refractivity contribution in [3.05, 3.63) is 48.0 Å². The van der Waals surface area contributed by atoms with Gasteiger partial charge in [0.2, 0.25) is 0 Å². The number of benzene rings is 1. The molecule has 0 aromatic heterocycles. The fourth-order valence-electron chi connectivity index (χ4n) is 1.28. The van der Waals surface area contributed by atoms with E-state index in [0.29, 0.717) is 6.42 Å². The zero-order valence-electron chi connectivity index (χ0n) is 8.23. The van der Waals surface area contributed by atoms with E-state index < -0.39 is 6.10 Å². The van der Waals surface area contributed by atoms with Gasteiger partial charge in [0.15, 0.2) is 5.78 Å². The summed E-state index contributed by atoms with van der Waals surface area (Å²) < 4.78 is 0. The standard InChI is InChI=1S/C12H14O2/c1-3-11(13)12(14)8-10-7-5-4-6-9(10)2/h3-7,12,14H,1,8H2,2H3. The Hall–Kier alpha value is -1.41.